The van der Waals surface area contributed by atoms with Crippen LogP contribution in [0.3, 0.4) is 0 Å². The topological polar surface area (TPSA) is 58.6 Å². The molecule has 0 aromatic carbocycles. The van der Waals surface area contributed by atoms with Crippen molar-refractivity contribution in [1.82, 2.24) is 10.2 Å². The molecule has 2 amide bonds. The van der Waals surface area contributed by atoms with Gasteiger partial charge in [0.1, 0.15) is 5.60 Å². The minimum Gasteiger partial charge on any atom is -0.444 e. The van der Waals surface area contributed by atoms with Gasteiger partial charge in [0.15, 0.2) is 0 Å². The van der Waals surface area contributed by atoms with Gasteiger partial charge in [0, 0.05) is 19.6 Å². The van der Waals surface area contributed by atoms with Crippen LogP contribution >= 0.6 is 0 Å². The number of hydrogen-bond donors (Lipinski definition) is 1. The fourth-order valence-corrected chi connectivity index (χ4v) is 2.70. The van der Waals surface area contributed by atoms with Gasteiger partial charge < -0.3 is 15.0 Å². The maximum absolute atomic E-state index is 12.1. The summed E-state index contributed by atoms with van der Waals surface area (Å²) in [5, 5.41) is 2.87. The Labute approximate surface area is 134 Å². The molecule has 0 saturated carbocycles. The summed E-state index contributed by atoms with van der Waals surface area (Å²) in [6.45, 7) is 15.4. The molecule has 5 heteroatoms. The molecule has 0 unspecified atom stereocenters. The Hall–Kier alpha value is -1.52. The van der Waals surface area contributed by atoms with Crippen LogP contribution in [0.2, 0.25) is 0 Å². The lowest BCUT2D eigenvalue weighted by atomic mass is 9.73. The highest BCUT2D eigenvalue weighted by atomic mass is 16.6. The SMILES string of the molecule is C=CC(=O)NCC(C)(C)C1CCN(C(=O)OC(C)(C)C)CC1. The normalized spacial score (nSPS) is 17.0. The molecule has 1 N–H and O–H groups in total. The van der Waals surface area contributed by atoms with Crippen LogP contribution in [0.5, 0.6) is 0 Å². The number of carbonyl (C=O) groups excluding carboxylic acids is 2. The number of ether oxygens (including phenoxy) is 1. The number of likely N-dealkylation sites (tertiary alicyclic amines) is 1. The van der Waals surface area contributed by atoms with E-state index in [0.29, 0.717) is 25.6 Å². The minimum atomic E-state index is -0.456. The summed E-state index contributed by atoms with van der Waals surface area (Å²) in [4.78, 5) is 25.2. The van der Waals surface area contributed by atoms with Gasteiger partial charge in [-0.25, -0.2) is 4.79 Å². The first-order chi connectivity index (χ1) is 10.0. The molecule has 0 aliphatic carbocycles. The van der Waals surface area contributed by atoms with Gasteiger partial charge in [0.2, 0.25) is 5.91 Å². The Morgan fingerprint density at radius 1 is 1.23 bits per heavy atom. The maximum atomic E-state index is 12.1. The summed E-state index contributed by atoms with van der Waals surface area (Å²) in [5.74, 6) is 0.329. The molecule has 0 aromatic rings. The average Bonchev–Trinajstić information content (AvgIpc) is 2.43. The Morgan fingerprint density at radius 3 is 2.23 bits per heavy atom. The summed E-state index contributed by atoms with van der Waals surface area (Å²) in [6.07, 6.45) is 2.91. The van der Waals surface area contributed by atoms with E-state index in [9.17, 15) is 9.59 Å². The monoisotopic (exact) mass is 310 g/mol. The van der Waals surface area contributed by atoms with E-state index in [1.807, 2.05) is 20.8 Å². The minimum absolute atomic E-state index is 0.00130. The molecule has 0 spiro atoms. The van der Waals surface area contributed by atoms with Crippen LogP contribution < -0.4 is 5.32 Å². The summed E-state index contributed by atoms with van der Waals surface area (Å²) in [5.41, 5.74) is -0.457. The quantitative estimate of drug-likeness (QED) is 0.812. The second kappa shape index (κ2) is 7.16. The standard InChI is InChI=1S/C17H30N2O3/c1-7-14(20)18-12-17(5,6)13-8-10-19(11-9-13)15(21)22-16(2,3)4/h7,13H,1,8-12H2,2-6H3,(H,18,20). The van der Waals surface area contributed by atoms with Gasteiger partial charge in [-0.05, 0) is 51.0 Å². The number of amides is 2. The lowest BCUT2D eigenvalue weighted by molar-refractivity contribution is -0.117. The van der Waals surface area contributed by atoms with Crippen molar-refractivity contribution in [2.45, 2.75) is 53.1 Å². The first-order valence-corrected chi connectivity index (χ1v) is 7.93. The van der Waals surface area contributed by atoms with Crippen LogP contribution in [0.4, 0.5) is 4.79 Å². The number of rotatable bonds is 4. The van der Waals surface area contributed by atoms with Crippen LogP contribution in [-0.2, 0) is 9.53 Å². The molecule has 126 valence electrons. The van der Waals surface area contributed by atoms with Crippen LogP contribution in [0.15, 0.2) is 12.7 Å². The van der Waals surface area contributed by atoms with Gasteiger partial charge in [-0.2, -0.15) is 0 Å². The number of nitrogens with zero attached hydrogens (tertiary/aromatic N) is 1. The first-order valence-electron chi connectivity index (χ1n) is 7.93. The third-order valence-electron chi connectivity index (χ3n) is 4.16. The number of piperidine rings is 1. The van der Waals surface area contributed by atoms with Crippen molar-refractivity contribution in [3.63, 3.8) is 0 Å². The molecular formula is C17H30N2O3. The largest absolute Gasteiger partial charge is 0.444 e. The highest BCUT2D eigenvalue weighted by Gasteiger charge is 2.34. The van der Waals surface area contributed by atoms with Crippen LogP contribution in [0.1, 0.15) is 47.5 Å². The molecule has 22 heavy (non-hydrogen) atoms. The highest BCUT2D eigenvalue weighted by Crippen LogP contribution is 2.34. The van der Waals surface area contributed by atoms with E-state index in [1.165, 1.54) is 6.08 Å². The van der Waals surface area contributed by atoms with Gasteiger partial charge >= 0.3 is 6.09 Å². The van der Waals surface area contributed by atoms with Crippen LogP contribution in [0, 0.1) is 11.3 Å². The van der Waals surface area contributed by atoms with Gasteiger partial charge in [-0.15, -0.1) is 0 Å². The van der Waals surface area contributed by atoms with E-state index < -0.39 is 5.60 Å². The molecule has 0 atom stereocenters. The van der Waals surface area contributed by atoms with E-state index in [2.05, 4.69) is 25.7 Å². The molecular weight excluding hydrogens is 280 g/mol. The Morgan fingerprint density at radius 2 is 1.77 bits per heavy atom. The molecule has 1 rings (SSSR count). The van der Waals surface area contributed by atoms with Gasteiger partial charge in [-0.1, -0.05) is 20.4 Å². The number of carbonyl (C=O) groups is 2. The Balaban J connectivity index is 2.48. The van der Waals surface area contributed by atoms with E-state index in [0.717, 1.165) is 12.8 Å². The lowest BCUT2D eigenvalue weighted by Gasteiger charge is -2.41. The smallest absolute Gasteiger partial charge is 0.410 e. The van der Waals surface area contributed by atoms with Gasteiger partial charge in [0.05, 0.1) is 0 Å². The van der Waals surface area contributed by atoms with E-state index in [4.69, 9.17) is 4.74 Å². The highest BCUT2D eigenvalue weighted by molar-refractivity contribution is 5.86. The van der Waals surface area contributed by atoms with Crippen molar-refractivity contribution in [3.05, 3.63) is 12.7 Å². The van der Waals surface area contributed by atoms with Crippen LogP contribution in [0.25, 0.3) is 0 Å². The van der Waals surface area contributed by atoms with Crippen LogP contribution in [-0.4, -0.2) is 42.1 Å². The molecule has 5 nitrogen and oxygen atoms in total. The second-order valence-corrected chi connectivity index (χ2v) is 7.65. The molecule has 1 fully saturated rings. The number of hydrogen-bond acceptors (Lipinski definition) is 3. The third-order valence-corrected chi connectivity index (χ3v) is 4.16. The maximum Gasteiger partial charge on any atom is 0.410 e. The predicted molar refractivity (Wildman–Crippen MR) is 87.5 cm³/mol. The van der Waals surface area contributed by atoms with E-state index in [1.54, 1.807) is 4.90 Å². The Kier molecular flexibility index (Phi) is 6.03. The van der Waals surface area contributed by atoms with Gasteiger partial charge in [-0.3, -0.25) is 4.79 Å². The van der Waals surface area contributed by atoms with Crippen molar-refractivity contribution < 1.29 is 14.3 Å². The van der Waals surface area contributed by atoms with Gasteiger partial charge in [0.25, 0.3) is 0 Å². The lowest BCUT2D eigenvalue weighted by Crippen LogP contribution is -2.46. The third kappa shape index (κ3) is 5.70. The Bertz CT molecular complexity index is 416. The summed E-state index contributed by atoms with van der Waals surface area (Å²) in [7, 11) is 0. The van der Waals surface area contributed by atoms with Crippen molar-refractivity contribution in [2.75, 3.05) is 19.6 Å². The second-order valence-electron chi connectivity index (χ2n) is 7.65. The first kappa shape index (κ1) is 18.5. The number of nitrogens with one attached hydrogen (secondary N) is 1. The zero-order valence-corrected chi connectivity index (χ0v) is 14.6. The summed E-state index contributed by atoms with van der Waals surface area (Å²) < 4.78 is 5.41. The summed E-state index contributed by atoms with van der Waals surface area (Å²) >= 11 is 0. The fourth-order valence-electron chi connectivity index (χ4n) is 2.70. The molecule has 0 radical (unpaired) electrons. The average molecular weight is 310 g/mol. The zero-order valence-electron chi connectivity index (χ0n) is 14.6. The van der Waals surface area contributed by atoms with Crippen molar-refractivity contribution in [2.24, 2.45) is 11.3 Å². The van der Waals surface area contributed by atoms with Crippen molar-refractivity contribution in [3.8, 4) is 0 Å². The van der Waals surface area contributed by atoms with Crippen molar-refractivity contribution in [1.29, 1.82) is 0 Å². The molecule has 1 saturated heterocycles. The fraction of sp³-hybridized carbons (Fsp3) is 0.765. The molecule has 1 aliphatic heterocycles. The van der Waals surface area contributed by atoms with Crippen molar-refractivity contribution >= 4 is 12.0 Å². The van der Waals surface area contributed by atoms with E-state index >= 15 is 0 Å². The predicted octanol–water partition coefficient (Wildman–Crippen LogP) is 2.96. The molecule has 0 bridgehead atoms. The summed E-state index contributed by atoms with van der Waals surface area (Å²) in [6, 6.07) is 0. The zero-order chi connectivity index (χ0) is 17.0. The van der Waals surface area contributed by atoms with E-state index in [-0.39, 0.29) is 17.4 Å². The molecule has 0 aromatic heterocycles. The molecule has 1 heterocycles. The molecule has 1 aliphatic rings.